The molecule has 1 heterocycles. The van der Waals surface area contributed by atoms with Crippen molar-refractivity contribution in [1.29, 1.82) is 0 Å². The van der Waals surface area contributed by atoms with Gasteiger partial charge in [-0.15, -0.1) is 11.3 Å². The highest BCUT2D eigenvalue weighted by Crippen LogP contribution is 2.32. The average molecular weight is 603 g/mol. The van der Waals surface area contributed by atoms with E-state index in [2.05, 4.69) is 12.3 Å². The maximum atomic E-state index is 13.0. The Hall–Kier alpha value is -3.20. The molecule has 9 heteroatoms. The van der Waals surface area contributed by atoms with Crippen molar-refractivity contribution in [2.45, 2.75) is 103 Å². The number of benzene rings is 2. The number of hydrogen-bond donors (Lipinski definition) is 1. The van der Waals surface area contributed by atoms with Crippen molar-refractivity contribution >= 4 is 23.2 Å². The Bertz CT molecular complexity index is 1260. The lowest BCUT2D eigenvalue weighted by Crippen LogP contribution is -2.38. The van der Waals surface area contributed by atoms with Gasteiger partial charge in [-0.1, -0.05) is 102 Å². The van der Waals surface area contributed by atoms with Crippen LogP contribution < -0.4 is 0 Å². The van der Waals surface area contributed by atoms with Crippen LogP contribution in [0.1, 0.15) is 106 Å². The lowest BCUT2D eigenvalue weighted by Gasteiger charge is -2.30. The Morgan fingerprint density at radius 2 is 1.48 bits per heavy atom. The number of thiazole rings is 1. The summed E-state index contributed by atoms with van der Waals surface area (Å²) >= 11 is 1.59. The number of carbonyl (C=O) groups excluding carboxylic acids is 1. The summed E-state index contributed by atoms with van der Waals surface area (Å²) in [7, 11) is 0. The molecular weight excluding hydrogens is 561 g/mol. The molecule has 42 heavy (non-hydrogen) atoms. The molecule has 228 valence electrons. The van der Waals surface area contributed by atoms with Gasteiger partial charge < -0.3 is 10.0 Å². The zero-order valence-electron chi connectivity index (χ0n) is 24.5. The van der Waals surface area contributed by atoms with E-state index in [1.807, 2.05) is 31.2 Å². The van der Waals surface area contributed by atoms with Crippen LogP contribution in [0.5, 0.6) is 0 Å². The van der Waals surface area contributed by atoms with Crippen molar-refractivity contribution in [2.24, 2.45) is 0 Å². The first-order valence-corrected chi connectivity index (χ1v) is 15.8. The third-order valence-corrected chi connectivity index (χ3v) is 8.41. The second-order valence-electron chi connectivity index (χ2n) is 10.7. The van der Waals surface area contributed by atoms with Gasteiger partial charge in [0.15, 0.2) is 0 Å². The fourth-order valence-electron chi connectivity index (χ4n) is 5.10. The standard InChI is InChI=1S/C33H41F3N2O3S/c1-3-5-6-7-8-9-10-11-12-13-28-23-42-30(37-28)26-18-16-25(17-19-26)29(4-2)38(31(39)32(40)41)22-24-14-20-27(21-15-24)33(34,35)36/h14-21,23,29H,3-13,22H2,1-2H3,(H,40,41). The number of carbonyl (C=O) groups is 2. The summed E-state index contributed by atoms with van der Waals surface area (Å²) in [4.78, 5) is 30.3. The summed E-state index contributed by atoms with van der Waals surface area (Å²) in [6.07, 6.45) is 8.45. The highest BCUT2D eigenvalue weighted by Gasteiger charge is 2.31. The number of rotatable bonds is 16. The maximum Gasteiger partial charge on any atom is 0.416 e. The predicted molar refractivity (Wildman–Crippen MR) is 161 cm³/mol. The molecule has 0 bridgehead atoms. The van der Waals surface area contributed by atoms with Gasteiger partial charge in [0.25, 0.3) is 0 Å². The van der Waals surface area contributed by atoms with Crippen LogP contribution in [0.15, 0.2) is 53.9 Å². The number of aliphatic carboxylic acids is 1. The average Bonchev–Trinajstić information content (AvgIpc) is 3.45. The summed E-state index contributed by atoms with van der Waals surface area (Å²) in [5.74, 6) is -2.72. The van der Waals surface area contributed by atoms with E-state index in [9.17, 15) is 27.9 Å². The molecule has 0 saturated heterocycles. The molecule has 5 nitrogen and oxygen atoms in total. The van der Waals surface area contributed by atoms with E-state index in [0.717, 1.165) is 46.8 Å². The molecule has 3 aromatic rings. The second-order valence-corrected chi connectivity index (χ2v) is 11.6. The maximum absolute atomic E-state index is 13.0. The Morgan fingerprint density at radius 1 is 0.881 bits per heavy atom. The minimum atomic E-state index is -4.48. The molecule has 1 atom stereocenters. The van der Waals surface area contributed by atoms with Crippen LogP contribution in [-0.4, -0.2) is 26.9 Å². The molecule has 1 amide bonds. The summed E-state index contributed by atoms with van der Waals surface area (Å²) in [5.41, 5.74) is 2.38. The fraction of sp³-hybridized carbons (Fsp3) is 0.485. The van der Waals surface area contributed by atoms with Crippen molar-refractivity contribution in [3.8, 4) is 10.6 Å². The number of nitrogens with zero attached hydrogens (tertiary/aromatic N) is 2. The number of unbranched alkanes of at least 4 members (excludes halogenated alkanes) is 8. The van der Waals surface area contributed by atoms with Crippen LogP contribution in [0, 0.1) is 0 Å². The van der Waals surface area contributed by atoms with Crippen LogP contribution in [0.4, 0.5) is 13.2 Å². The van der Waals surface area contributed by atoms with Gasteiger partial charge in [-0.25, -0.2) is 9.78 Å². The van der Waals surface area contributed by atoms with Crippen LogP contribution in [-0.2, 0) is 28.7 Å². The molecule has 0 fully saturated rings. The number of hydrogen-bond acceptors (Lipinski definition) is 4. The van der Waals surface area contributed by atoms with Crippen molar-refractivity contribution < 1.29 is 27.9 Å². The molecule has 0 radical (unpaired) electrons. The van der Waals surface area contributed by atoms with Crippen molar-refractivity contribution in [3.05, 3.63) is 76.3 Å². The minimum absolute atomic E-state index is 0.127. The molecular formula is C33H41F3N2O3S. The first-order valence-electron chi connectivity index (χ1n) is 14.9. The zero-order chi connectivity index (χ0) is 30.5. The molecule has 0 aliphatic rings. The summed E-state index contributed by atoms with van der Waals surface area (Å²) < 4.78 is 38.9. The van der Waals surface area contributed by atoms with Crippen LogP contribution in [0.25, 0.3) is 10.6 Å². The highest BCUT2D eigenvalue weighted by atomic mass is 32.1. The van der Waals surface area contributed by atoms with Gasteiger partial charge in [-0.3, -0.25) is 4.79 Å². The quantitative estimate of drug-likeness (QED) is 0.131. The number of halogens is 3. The molecule has 0 aliphatic carbocycles. The first kappa shape index (κ1) is 33.3. The summed E-state index contributed by atoms with van der Waals surface area (Å²) in [6.45, 7) is 3.95. The normalized spacial score (nSPS) is 12.3. The largest absolute Gasteiger partial charge is 0.474 e. The van der Waals surface area contributed by atoms with Gasteiger partial charge in [0, 0.05) is 17.5 Å². The van der Waals surface area contributed by atoms with E-state index in [0.29, 0.717) is 12.0 Å². The molecule has 0 saturated carbocycles. The van der Waals surface area contributed by atoms with E-state index < -0.39 is 29.7 Å². The fourth-order valence-corrected chi connectivity index (χ4v) is 5.96. The molecule has 1 aromatic heterocycles. The monoisotopic (exact) mass is 602 g/mol. The lowest BCUT2D eigenvalue weighted by atomic mass is 10.00. The van der Waals surface area contributed by atoms with Gasteiger partial charge in [-0.2, -0.15) is 13.2 Å². The van der Waals surface area contributed by atoms with Gasteiger partial charge >= 0.3 is 18.1 Å². The van der Waals surface area contributed by atoms with Crippen LogP contribution >= 0.6 is 11.3 Å². The molecule has 0 aliphatic heterocycles. The summed E-state index contributed by atoms with van der Waals surface area (Å²) in [5, 5.41) is 12.5. The molecule has 2 aromatic carbocycles. The Balaban J connectivity index is 1.62. The number of carboxylic acids is 1. The Morgan fingerprint density at radius 3 is 2.02 bits per heavy atom. The SMILES string of the molecule is CCCCCCCCCCCc1csc(-c2ccc(C(CC)N(Cc3ccc(C(F)(F)F)cc3)C(=O)C(=O)O)cc2)n1. The molecule has 0 spiro atoms. The Kier molecular flexibility index (Phi) is 13.0. The number of aromatic nitrogens is 1. The van der Waals surface area contributed by atoms with E-state index in [-0.39, 0.29) is 6.54 Å². The number of carboxylic acid groups (broad SMARTS) is 1. The third kappa shape index (κ3) is 9.96. The van der Waals surface area contributed by atoms with E-state index in [1.54, 1.807) is 11.3 Å². The van der Waals surface area contributed by atoms with Gasteiger partial charge in [0.1, 0.15) is 5.01 Å². The van der Waals surface area contributed by atoms with E-state index in [4.69, 9.17) is 4.98 Å². The molecule has 1 N–H and O–H groups in total. The zero-order valence-corrected chi connectivity index (χ0v) is 25.3. The molecule has 1 unspecified atom stereocenters. The number of alkyl halides is 3. The lowest BCUT2D eigenvalue weighted by molar-refractivity contribution is -0.157. The van der Waals surface area contributed by atoms with E-state index in [1.165, 1.54) is 68.4 Å². The predicted octanol–water partition coefficient (Wildman–Crippen LogP) is 9.47. The van der Waals surface area contributed by atoms with Crippen molar-refractivity contribution in [3.63, 3.8) is 0 Å². The van der Waals surface area contributed by atoms with Gasteiger partial charge in [0.05, 0.1) is 17.3 Å². The van der Waals surface area contributed by atoms with Crippen molar-refractivity contribution in [1.82, 2.24) is 9.88 Å². The van der Waals surface area contributed by atoms with Crippen molar-refractivity contribution in [2.75, 3.05) is 0 Å². The van der Waals surface area contributed by atoms with E-state index >= 15 is 0 Å². The number of aryl methyl sites for hydroxylation is 1. The molecule has 3 rings (SSSR count). The highest BCUT2D eigenvalue weighted by molar-refractivity contribution is 7.13. The number of amides is 1. The summed E-state index contributed by atoms with van der Waals surface area (Å²) in [6, 6.07) is 11.4. The van der Waals surface area contributed by atoms with Gasteiger partial charge in [-0.05, 0) is 42.5 Å². The first-order chi connectivity index (χ1) is 20.1. The topological polar surface area (TPSA) is 70.5 Å². The Labute approximate surface area is 250 Å². The minimum Gasteiger partial charge on any atom is -0.474 e. The van der Waals surface area contributed by atoms with Crippen LogP contribution in [0.2, 0.25) is 0 Å². The van der Waals surface area contributed by atoms with Gasteiger partial charge in [0.2, 0.25) is 0 Å². The van der Waals surface area contributed by atoms with Crippen LogP contribution in [0.3, 0.4) is 0 Å². The second kappa shape index (κ2) is 16.4. The smallest absolute Gasteiger partial charge is 0.416 e. The third-order valence-electron chi connectivity index (χ3n) is 7.47.